The van der Waals surface area contributed by atoms with Gasteiger partial charge in [0.1, 0.15) is 11.5 Å². The molecule has 1 atom stereocenters. The predicted octanol–water partition coefficient (Wildman–Crippen LogP) is 1.53. The Labute approximate surface area is 96.2 Å². The number of hydrogen-bond donors (Lipinski definition) is 2. The summed E-state index contributed by atoms with van der Waals surface area (Å²) in [7, 11) is 3.28. The molecule has 0 spiro atoms. The van der Waals surface area contributed by atoms with Gasteiger partial charge < -0.3 is 19.9 Å². The van der Waals surface area contributed by atoms with E-state index in [1.807, 2.05) is 13.0 Å². The van der Waals surface area contributed by atoms with Crippen molar-refractivity contribution < 1.29 is 14.6 Å². The first kappa shape index (κ1) is 12.8. The van der Waals surface area contributed by atoms with E-state index in [-0.39, 0.29) is 11.8 Å². The third-order valence-corrected chi connectivity index (χ3v) is 2.34. The molecule has 0 saturated heterocycles. The molecular formula is C12H19NO3. The van der Waals surface area contributed by atoms with Crippen LogP contribution < -0.4 is 10.1 Å². The van der Waals surface area contributed by atoms with E-state index in [1.54, 1.807) is 26.4 Å². The Morgan fingerprint density at radius 1 is 1.38 bits per heavy atom. The lowest BCUT2D eigenvalue weighted by atomic mass is 10.2. The van der Waals surface area contributed by atoms with Gasteiger partial charge in [0.15, 0.2) is 0 Å². The molecule has 0 radical (unpaired) electrons. The molecule has 0 aliphatic heterocycles. The van der Waals surface area contributed by atoms with Gasteiger partial charge >= 0.3 is 0 Å². The maximum Gasteiger partial charge on any atom is 0.120 e. The van der Waals surface area contributed by atoms with E-state index in [1.165, 1.54) is 0 Å². The molecule has 4 heteroatoms. The predicted molar refractivity (Wildman–Crippen MR) is 62.8 cm³/mol. The quantitative estimate of drug-likeness (QED) is 0.770. The normalized spacial score (nSPS) is 12.4. The van der Waals surface area contributed by atoms with Gasteiger partial charge in [-0.2, -0.15) is 0 Å². The van der Waals surface area contributed by atoms with Gasteiger partial charge in [0.25, 0.3) is 0 Å². The topological polar surface area (TPSA) is 50.7 Å². The van der Waals surface area contributed by atoms with Crippen molar-refractivity contribution >= 4 is 0 Å². The van der Waals surface area contributed by atoms with Crippen molar-refractivity contribution in [2.24, 2.45) is 0 Å². The Kier molecular flexibility index (Phi) is 5.08. The molecule has 0 aliphatic rings. The summed E-state index contributed by atoms with van der Waals surface area (Å²) in [6.45, 7) is 3.26. The Morgan fingerprint density at radius 3 is 2.75 bits per heavy atom. The van der Waals surface area contributed by atoms with Gasteiger partial charge in [-0.3, -0.25) is 0 Å². The average Bonchev–Trinajstić information content (AvgIpc) is 2.28. The summed E-state index contributed by atoms with van der Waals surface area (Å²) in [5.74, 6) is 1.02. The summed E-state index contributed by atoms with van der Waals surface area (Å²) in [6.07, 6.45) is 0. The van der Waals surface area contributed by atoms with Gasteiger partial charge in [-0.25, -0.2) is 0 Å². The zero-order valence-electron chi connectivity index (χ0n) is 9.99. The van der Waals surface area contributed by atoms with Gasteiger partial charge in [-0.05, 0) is 25.1 Å². The van der Waals surface area contributed by atoms with Crippen molar-refractivity contribution in [2.75, 3.05) is 20.8 Å². The summed E-state index contributed by atoms with van der Waals surface area (Å²) < 4.78 is 10.1. The summed E-state index contributed by atoms with van der Waals surface area (Å²) in [5, 5.41) is 12.9. The second kappa shape index (κ2) is 6.35. The Balaban J connectivity index is 2.58. The molecule has 0 amide bonds. The van der Waals surface area contributed by atoms with Crippen LogP contribution in [0, 0.1) is 0 Å². The molecule has 1 aromatic carbocycles. The molecule has 16 heavy (non-hydrogen) atoms. The number of methoxy groups -OCH3 is 2. The summed E-state index contributed by atoms with van der Waals surface area (Å²) in [6, 6.07) is 5.44. The highest BCUT2D eigenvalue weighted by molar-refractivity contribution is 5.39. The molecular weight excluding hydrogens is 206 g/mol. The highest BCUT2D eigenvalue weighted by atomic mass is 16.5. The Bertz CT molecular complexity index is 328. The van der Waals surface area contributed by atoms with E-state index in [4.69, 9.17) is 9.47 Å². The molecule has 90 valence electrons. The number of aromatic hydroxyl groups is 1. The fraction of sp³-hybridized carbons (Fsp3) is 0.500. The third-order valence-electron chi connectivity index (χ3n) is 2.34. The molecule has 0 bridgehead atoms. The van der Waals surface area contributed by atoms with Crippen LogP contribution in [0.5, 0.6) is 11.5 Å². The molecule has 1 rings (SSSR count). The molecule has 0 heterocycles. The Morgan fingerprint density at radius 2 is 2.12 bits per heavy atom. The second-order valence-corrected chi connectivity index (χ2v) is 3.73. The van der Waals surface area contributed by atoms with Crippen LogP contribution in [0.2, 0.25) is 0 Å². The van der Waals surface area contributed by atoms with E-state index >= 15 is 0 Å². The van der Waals surface area contributed by atoms with Crippen LogP contribution in [0.3, 0.4) is 0 Å². The van der Waals surface area contributed by atoms with Crippen LogP contribution in [-0.4, -0.2) is 32.0 Å². The number of phenols is 1. The van der Waals surface area contributed by atoms with Crippen LogP contribution in [0.15, 0.2) is 18.2 Å². The fourth-order valence-corrected chi connectivity index (χ4v) is 1.42. The van der Waals surface area contributed by atoms with E-state index in [2.05, 4.69) is 5.32 Å². The van der Waals surface area contributed by atoms with Crippen LogP contribution in [0.4, 0.5) is 0 Å². The molecule has 1 unspecified atom stereocenters. The first-order valence-corrected chi connectivity index (χ1v) is 5.25. The van der Waals surface area contributed by atoms with E-state index in [0.29, 0.717) is 13.2 Å². The van der Waals surface area contributed by atoms with Crippen molar-refractivity contribution in [3.8, 4) is 11.5 Å². The first-order valence-electron chi connectivity index (χ1n) is 5.25. The van der Waals surface area contributed by atoms with Crippen molar-refractivity contribution in [3.63, 3.8) is 0 Å². The van der Waals surface area contributed by atoms with Crippen LogP contribution in [0.1, 0.15) is 12.5 Å². The molecule has 0 fully saturated rings. The van der Waals surface area contributed by atoms with E-state index in [0.717, 1.165) is 11.3 Å². The molecule has 0 saturated carbocycles. The SMILES string of the molecule is COCC(C)NCc1cc(OC)ccc1O. The lowest BCUT2D eigenvalue weighted by Gasteiger charge is -2.13. The number of phenolic OH excluding ortho intramolecular Hbond substituents is 1. The van der Waals surface area contributed by atoms with Crippen molar-refractivity contribution in [2.45, 2.75) is 19.5 Å². The second-order valence-electron chi connectivity index (χ2n) is 3.73. The first-order chi connectivity index (χ1) is 7.67. The number of ether oxygens (including phenoxy) is 2. The molecule has 0 aromatic heterocycles. The van der Waals surface area contributed by atoms with Gasteiger partial charge in [0.05, 0.1) is 13.7 Å². The number of nitrogens with one attached hydrogen (secondary N) is 1. The highest BCUT2D eigenvalue weighted by Crippen LogP contribution is 2.22. The molecule has 4 nitrogen and oxygen atoms in total. The van der Waals surface area contributed by atoms with Crippen molar-refractivity contribution in [3.05, 3.63) is 23.8 Å². The minimum absolute atomic E-state index is 0.246. The zero-order chi connectivity index (χ0) is 12.0. The van der Waals surface area contributed by atoms with Crippen molar-refractivity contribution in [1.82, 2.24) is 5.32 Å². The smallest absolute Gasteiger partial charge is 0.120 e. The van der Waals surface area contributed by atoms with Crippen molar-refractivity contribution in [1.29, 1.82) is 0 Å². The maximum absolute atomic E-state index is 9.65. The summed E-state index contributed by atoms with van der Waals surface area (Å²) in [4.78, 5) is 0. The average molecular weight is 225 g/mol. The lowest BCUT2D eigenvalue weighted by molar-refractivity contribution is 0.171. The van der Waals surface area contributed by atoms with E-state index < -0.39 is 0 Å². The van der Waals surface area contributed by atoms with Gasteiger partial charge in [0, 0.05) is 25.3 Å². The van der Waals surface area contributed by atoms with Crippen LogP contribution in [0.25, 0.3) is 0 Å². The molecule has 0 aliphatic carbocycles. The Hall–Kier alpha value is -1.26. The summed E-state index contributed by atoms with van der Waals surface area (Å²) >= 11 is 0. The highest BCUT2D eigenvalue weighted by Gasteiger charge is 2.05. The number of hydrogen-bond acceptors (Lipinski definition) is 4. The lowest BCUT2D eigenvalue weighted by Crippen LogP contribution is -2.29. The monoisotopic (exact) mass is 225 g/mol. The standard InChI is InChI=1S/C12H19NO3/c1-9(8-15-2)13-7-10-6-11(16-3)4-5-12(10)14/h4-6,9,13-14H,7-8H2,1-3H3. The van der Waals surface area contributed by atoms with Gasteiger partial charge in [-0.15, -0.1) is 0 Å². The fourth-order valence-electron chi connectivity index (χ4n) is 1.42. The number of rotatable bonds is 6. The van der Waals surface area contributed by atoms with E-state index in [9.17, 15) is 5.11 Å². The minimum Gasteiger partial charge on any atom is -0.508 e. The third kappa shape index (κ3) is 3.72. The van der Waals surface area contributed by atoms with Crippen LogP contribution in [-0.2, 0) is 11.3 Å². The summed E-state index contributed by atoms with van der Waals surface area (Å²) in [5.41, 5.74) is 0.822. The number of benzene rings is 1. The maximum atomic E-state index is 9.65. The molecule has 1 aromatic rings. The minimum atomic E-state index is 0.246. The van der Waals surface area contributed by atoms with Gasteiger partial charge in [-0.1, -0.05) is 0 Å². The molecule has 2 N–H and O–H groups in total. The zero-order valence-corrected chi connectivity index (χ0v) is 9.99. The largest absolute Gasteiger partial charge is 0.508 e. The van der Waals surface area contributed by atoms with Crippen LogP contribution >= 0.6 is 0 Å². The van der Waals surface area contributed by atoms with Gasteiger partial charge in [0.2, 0.25) is 0 Å².